The predicted molar refractivity (Wildman–Crippen MR) is 105 cm³/mol. The van der Waals surface area contributed by atoms with Crippen molar-refractivity contribution in [3.05, 3.63) is 73.1 Å². The third kappa shape index (κ3) is 3.41. The minimum atomic E-state index is -0.606. The van der Waals surface area contributed by atoms with Crippen LogP contribution in [-0.2, 0) is 4.79 Å². The molecule has 3 rings (SSSR count). The number of rotatable bonds is 3. The third-order valence-electron chi connectivity index (χ3n) is 3.39. The number of nitro benzene ring substituents is 1. The number of hydrogen-bond donors (Lipinski definition) is 0. The highest BCUT2D eigenvalue weighted by molar-refractivity contribution is 8.27. The molecule has 1 aliphatic rings. The van der Waals surface area contributed by atoms with E-state index in [9.17, 15) is 14.9 Å². The van der Waals surface area contributed by atoms with Crippen LogP contribution in [0.4, 0.5) is 11.4 Å². The maximum atomic E-state index is 12.7. The highest BCUT2D eigenvalue weighted by Crippen LogP contribution is 2.40. The Morgan fingerprint density at radius 1 is 1.16 bits per heavy atom. The third-order valence-corrected chi connectivity index (χ3v) is 5.42. The van der Waals surface area contributed by atoms with Crippen molar-refractivity contribution in [2.75, 3.05) is 4.90 Å². The van der Waals surface area contributed by atoms with E-state index in [0.717, 1.165) is 11.8 Å². The molecule has 1 amide bonds. The van der Waals surface area contributed by atoms with Crippen molar-refractivity contribution < 1.29 is 9.72 Å². The summed E-state index contributed by atoms with van der Waals surface area (Å²) in [6.45, 7) is 0. The fraction of sp³-hybridized carbons (Fsp3) is 0. The maximum absolute atomic E-state index is 12.7. The molecule has 2 aromatic rings. The Hall–Kier alpha value is -1.93. The second-order valence-corrected chi connectivity index (χ2v) is 7.36. The highest BCUT2D eigenvalue weighted by atomic mass is 35.5. The van der Waals surface area contributed by atoms with Crippen molar-refractivity contribution >= 4 is 74.9 Å². The zero-order chi connectivity index (χ0) is 18.1. The highest BCUT2D eigenvalue weighted by Gasteiger charge is 2.33. The van der Waals surface area contributed by atoms with Gasteiger partial charge in [-0.1, -0.05) is 65.4 Å². The molecule has 0 N–H and O–H groups in total. The van der Waals surface area contributed by atoms with E-state index in [2.05, 4.69) is 0 Å². The Kier molecular flexibility index (Phi) is 5.10. The number of amides is 1. The molecule has 1 aliphatic heterocycles. The Balaban J connectivity index is 2.04. The molecule has 5 nitrogen and oxygen atoms in total. The lowest BCUT2D eigenvalue weighted by atomic mass is 10.1. The topological polar surface area (TPSA) is 63.4 Å². The fourth-order valence-corrected chi connectivity index (χ4v) is 4.06. The number of para-hydroxylation sites is 1. The van der Waals surface area contributed by atoms with Crippen molar-refractivity contribution in [2.24, 2.45) is 0 Å². The van der Waals surface area contributed by atoms with E-state index in [-0.39, 0.29) is 32.1 Å². The van der Waals surface area contributed by atoms with E-state index in [1.807, 2.05) is 6.07 Å². The van der Waals surface area contributed by atoms with Crippen LogP contribution in [-0.4, -0.2) is 15.2 Å². The van der Waals surface area contributed by atoms with Gasteiger partial charge in [-0.2, -0.15) is 0 Å². The molecule has 2 aromatic carbocycles. The summed E-state index contributed by atoms with van der Waals surface area (Å²) >= 11 is 18.6. The molecule has 1 saturated heterocycles. The summed E-state index contributed by atoms with van der Waals surface area (Å²) in [7, 11) is 0. The van der Waals surface area contributed by atoms with Gasteiger partial charge < -0.3 is 0 Å². The van der Waals surface area contributed by atoms with E-state index in [1.54, 1.807) is 24.3 Å². The number of hydrogen-bond acceptors (Lipinski definition) is 5. The van der Waals surface area contributed by atoms with Crippen LogP contribution in [0.2, 0.25) is 10.0 Å². The summed E-state index contributed by atoms with van der Waals surface area (Å²) in [5.41, 5.74) is 0.576. The molecule has 1 heterocycles. The zero-order valence-electron chi connectivity index (χ0n) is 12.3. The van der Waals surface area contributed by atoms with Gasteiger partial charge in [-0.25, -0.2) is 0 Å². The van der Waals surface area contributed by atoms with Gasteiger partial charge in [-0.15, -0.1) is 0 Å². The Morgan fingerprint density at radius 2 is 1.84 bits per heavy atom. The molecule has 0 atom stereocenters. The van der Waals surface area contributed by atoms with E-state index < -0.39 is 4.92 Å². The molecule has 0 saturated carbocycles. The molecule has 0 aromatic heterocycles. The molecule has 126 valence electrons. The van der Waals surface area contributed by atoms with Crippen molar-refractivity contribution in [3.63, 3.8) is 0 Å². The number of thiocarbonyl (C=S) groups is 1. The quantitative estimate of drug-likeness (QED) is 0.297. The minimum Gasteiger partial charge on any atom is -0.268 e. The van der Waals surface area contributed by atoms with Crippen molar-refractivity contribution in [3.8, 4) is 0 Å². The fourth-order valence-electron chi connectivity index (χ4n) is 2.23. The predicted octanol–water partition coefficient (Wildman–Crippen LogP) is 5.31. The first kappa shape index (κ1) is 17.9. The summed E-state index contributed by atoms with van der Waals surface area (Å²) in [4.78, 5) is 24.8. The SMILES string of the molecule is O=C1/C(=C\c2c(Cl)ccc([N+](=O)[O-])c2Cl)SC(=S)N1c1ccccc1. The number of halogens is 2. The van der Waals surface area contributed by atoms with Gasteiger partial charge in [0.05, 0.1) is 15.5 Å². The summed E-state index contributed by atoms with van der Waals surface area (Å²) in [6.07, 6.45) is 1.43. The first-order valence-corrected chi connectivity index (χ1v) is 8.83. The van der Waals surface area contributed by atoms with Crippen LogP contribution < -0.4 is 4.90 Å². The first-order chi connectivity index (χ1) is 11.9. The molecule has 1 fully saturated rings. The first-order valence-electron chi connectivity index (χ1n) is 6.85. The van der Waals surface area contributed by atoms with Crippen LogP contribution in [0.5, 0.6) is 0 Å². The lowest BCUT2D eigenvalue weighted by Crippen LogP contribution is -2.27. The molecule has 0 radical (unpaired) electrons. The van der Waals surface area contributed by atoms with Crippen LogP contribution in [0.15, 0.2) is 47.4 Å². The average Bonchev–Trinajstić information content (AvgIpc) is 2.85. The zero-order valence-corrected chi connectivity index (χ0v) is 15.5. The van der Waals surface area contributed by atoms with E-state index >= 15 is 0 Å². The van der Waals surface area contributed by atoms with Gasteiger partial charge in [0.1, 0.15) is 5.02 Å². The smallest absolute Gasteiger partial charge is 0.268 e. The van der Waals surface area contributed by atoms with Crippen molar-refractivity contribution in [2.45, 2.75) is 0 Å². The lowest BCUT2D eigenvalue weighted by molar-refractivity contribution is -0.384. The van der Waals surface area contributed by atoms with Crippen LogP contribution in [0.3, 0.4) is 0 Å². The number of thioether (sulfide) groups is 1. The second kappa shape index (κ2) is 7.13. The summed E-state index contributed by atoms with van der Waals surface area (Å²) in [5.74, 6) is -0.333. The van der Waals surface area contributed by atoms with Gasteiger partial charge in [0.2, 0.25) is 0 Å². The van der Waals surface area contributed by atoms with Crippen molar-refractivity contribution in [1.29, 1.82) is 0 Å². The van der Waals surface area contributed by atoms with Gasteiger partial charge in [0, 0.05) is 16.7 Å². The number of nitro groups is 1. The standard InChI is InChI=1S/C16H8Cl2N2O3S2/c17-11-6-7-12(20(22)23)14(18)10(11)8-13-15(21)19(16(24)25-13)9-4-2-1-3-5-9/h1-8H/b13-8+. The van der Waals surface area contributed by atoms with Gasteiger partial charge in [0.15, 0.2) is 4.32 Å². The van der Waals surface area contributed by atoms with Gasteiger partial charge in [0.25, 0.3) is 11.6 Å². The minimum absolute atomic E-state index is 0.123. The second-order valence-electron chi connectivity index (χ2n) is 4.90. The Labute approximate surface area is 162 Å². The molecular formula is C16H8Cl2N2O3S2. The summed E-state index contributed by atoms with van der Waals surface area (Å²) < 4.78 is 0.361. The molecule has 25 heavy (non-hydrogen) atoms. The van der Waals surface area contributed by atoms with Crippen LogP contribution >= 0.6 is 47.2 Å². The Bertz CT molecular complexity index is 932. The van der Waals surface area contributed by atoms with Gasteiger partial charge in [-0.3, -0.25) is 19.8 Å². The van der Waals surface area contributed by atoms with E-state index in [1.165, 1.54) is 23.1 Å². The maximum Gasteiger partial charge on any atom is 0.288 e. The largest absolute Gasteiger partial charge is 0.288 e. The average molecular weight is 411 g/mol. The molecule has 0 bridgehead atoms. The number of carbonyl (C=O) groups is 1. The Morgan fingerprint density at radius 3 is 2.48 bits per heavy atom. The van der Waals surface area contributed by atoms with Crippen molar-refractivity contribution in [1.82, 2.24) is 0 Å². The number of nitrogens with zero attached hydrogens (tertiary/aromatic N) is 2. The summed E-state index contributed by atoms with van der Waals surface area (Å²) in [6, 6.07) is 11.5. The van der Waals surface area contributed by atoms with Gasteiger partial charge >= 0.3 is 0 Å². The lowest BCUT2D eigenvalue weighted by Gasteiger charge is -2.13. The molecule has 0 unspecified atom stereocenters. The molecular weight excluding hydrogens is 403 g/mol. The normalized spacial score (nSPS) is 15.9. The van der Waals surface area contributed by atoms with Crippen LogP contribution in [0.1, 0.15) is 5.56 Å². The van der Waals surface area contributed by atoms with E-state index in [0.29, 0.717) is 10.0 Å². The van der Waals surface area contributed by atoms with Gasteiger partial charge in [-0.05, 0) is 24.3 Å². The molecule has 0 aliphatic carbocycles. The van der Waals surface area contributed by atoms with Crippen LogP contribution in [0.25, 0.3) is 6.08 Å². The van der Waals surface area contributed by atoms with E-state index in [4.69, 9.17) is 35.4 Å². The molecule has 9 heteroatoms. The number of benzene rings is 2. The molecule has 0 spiro atoms. The van der Waals surface area contributed by atoms with Crippen LogP contribution in [0, 0.1) is 10.1 Å². The number of anilines is 1. The summed E-state index contributed by atoms with van der Waals surface area (Å²) in [5, 5.41) is 11.1. The number of carbonyl (C=O) groups excluding carboxylic acids is 1. The monoisotopic (exact) mass is 410 g/mol.